The van der Waals surface area contributed by atoms with E-state index in [1.54, 1.807) is 4.90 Å². The van der Waals surface area contributed by atoms with E-state index in [-0.39, 0.29) is 30.2 Å². The van der Waals surface area contributed by atoms with E-state index >= 15 is 0 Å². The Bertz CT molecular complexity index is 774. The third-order valence-electron chi connectivity index (χ3n) is 4.91. The molecule has 1 heterocycles. The van der Waals surface area contributed by atoms with E-state index in [2.05, 4.69) is 5.32 Å². The first-order valence-electron chi connectivity index (χ1n) is 9.48. The Morgan fingerprint density at radius 1 is 1.11 bits per heavy atom. The van der Waals surface area contributed by atoms with Gasteiger partial charge in [0.05, 0.1) is 18.6 Å². The Labute approximate surface area is 160 Å². The average Bonchev–Trinajstić information content (AvgIpc) is 3.08. The average molecular weight is 366 g/mol. The molecule has 27 heavy (non-hydrogen) atoms. The number of nitrogens with one attached hydrogen (secondary N) is 1. The molecule has 2 atom stereocenters. The first-order valence-corrected chi connectivity index (χ1v) is 9.48. The molecule has 0 radical (unpaired) electrons. The van der Waals surface area contributed by atoms with Crippen LogP contribution in [0.1, 0.15) is 37.4 Å². The fourth-order valence-electron chi connectivity index (χ4n) is 3.44. The highest BCUT2D eigenvalue weighted by molar-refractivity contribution is 5.89. The second kappa shape index (κ2) is 8.71. The lowest BCUT2D eigenvalue weighted by atomic mass is 9.97. The van der Waals surface area contributed by atoms with Crippen LogP contribution in [0.5, 0.6) is 5.75 Å². The van der Waals surface area contributed by atoms with Gasteiger partial charge >= 0.3 is 0 Å². The molecule has 1 aliphatic rings. The van der Waals surface area contributed by atoms with Gasteiger partial charge in [0.1, 0.15) is 5.75 Å². The van der Waals surface area contributed by atoms with Crippen LogP contribution >= 0.6 is 0 Å². The van der Waals surface area contributed by atoms with Gasteiger partial charge < -0.3 is 15.0 Å². The lowest BCUT2D eigenvalue weighted by molar-refractivity contribution is -0.129. The maximum absolute atomic E-state index is 12.9. The van der Waals surface area contributed by atoms with Crippen LogP contribution in [0, 0.1) is 5.92 Å². The fraction of sp³-hybridized carbons (Fsp3) is 0.364. The van der Waals surface area contributed by atoms with E-state index in [4.69, 9.17) is 4.74 Å². The molecule has 0 saturated carbocycles. The fourth-order valence-corrected chi connectivity index (χ4v) is 3.44. The first kappa shape index (κ1) is 19.0. The van der Waals surface area contributed by atoms with Gasteiger partial charge in [0, 0.05) is 19.5 Å². The molecule has 2 aromatic rings. The van der Waals surface area contributed by atoms with Gasteiger partial charge in [-0.3, -0.25) is 9.59 Å². The Morgan fingerprint density at radius 3 is 2.37 bits per heavy atom. The zero-order valence-corrected chi connectivity index (χ0v) is 15.9. The third-order valence-corrected chi connectivity index (χ3v) is 4.91. The van der Waals surface area contributed by atoms with Crippen LogP contribution < -0.4 is 10.1 Å². The van der Waals surface area contributed by atoms with Crippen LogP contribution in [0.25, 0.3) is 0 Å². The number of amides is 2. The van der Waals surface area contributed by atoms with E-state index in [9.17, 15) is 9.59 Å². The van der Waals surface area contributed by atoms with Crippen LogP contribution in [0.4, 0.5) is 0 Å². The zero-order valence-electron chi connectivity index (χ0n) is 15.9. The number of hydrogen-bond acceptors (Lipinski definition) is 3. The second-order valence-electron chi connectivity index (χ2n) is 6.69. The summed E-state index contributed by atoms with van der Waals surface area (Å²) in [7, 11) is 0. The second-order valence-corrected chi connectivity index (χ2v) is 6.69. The number of rotatable bonds is 7. The lowest BCUT2D eigenvalue weighted by Crippen LogP contribution is -2.36. The third kappa shape index (κ3) is 4.48. The van der Waals surface area contributed by atoms with Gasteiger partial charge in [-0.25, -0.2) is 0 Å². The van der Waals surface area contributed by atoms with Crippen molar-refractivity contribution in [1.82, 2.24) is 10.2 Å². The van der Waals surface area contributed by atoms with Crippen LogP contribution in [0.3, 0.4) is 0 Å². The van der Waals surface area contributed by atoms with Gasteiger partial charge in [0.15, 0.2) is 0 Å². The SMILES string of the molecule is CCOc1ccc(C(NC(=O)C2CC(=O)N(CC)C2)c2ccccc2)cc1. The van der Waals surface area contributed by atoms with Gasteiger partial charge in [-0.1, -0.05) is 42.5 Å². The van der Waals surface area contributed by atoms with Crippen molar-refractivity contribution in [3.63, 3.8) is 0 Å². The molecule has 1 fully saturated rings. The normalized spacial score (nSPS) is 17.6. The quantitative estimate of drug-likeness (QED) is 0.819. The Kier molecular flexibility index (Phi) is 6.12. The van der Waals surface area contributed by atoms with Crippen LogP contribution in [-0.4, -0.2) is 36.4 Å². The Balaban J connectivity index is 1.81. The molecule has 3 rings (SSSR count). The largest absolute Gasteiger partial charge is 0.494 e. The van der Waals surface area contributed by atoms with E-state index in [1.165, 1.54) is 0 Å². The van der Waals surface area contributed by atoms with E-state index in [0.717, 1.165) is 16.9 Å². The predicted octanol–water partition coefficient (Wildman–Crippen LogP) is 3.16. The number of hydrogen-bond donors (Lipinski definition) is 1. The summed E-state index contributed by atoms with van der Waals surface area (Å²) < 4.78 is 5.51. The molecule has 0 aliphatic carbocycles. The smallest absolute Gasteiger partial charge is 0.226 e. The van der Waals surface area contributed by atoms with Crippen molar-refractivity contribution in [2.75, 3.05) is 19.7 Å². The van der Waals surface area contributed by atoms with Gasteiger partial charge in [-0.2, -0.15) is 0 Å². The van der Waals surface area contributed by atoms with Gasteiger partial charge in [-0.05, 0) is 37.1 Å². The molecule has 2 aromatic carbocycles. The summed E-state index contributed by atoms with van der Waals surface area (Å²) >= 11 is 0. The summed E-state index contributed by atoms with van der Waals surface area (Å²) in [6.45, 7) is 5.63. The first-order chi connectivity index (χ1) is 13.1. The molecular formula is C22H26N2O3. The number of ether oxygens (including phenoxy) is 1. The summed E-state index contributed by atoms with van der Waals surface area (Å²) in [5.41, 5.74) is 1.99. The number of carbonyl (C=O) groups excluding carboxylic acids is 2. The van der Waals surface area contributed by atoms with Crippen LogP contribution in [0.15, 0.2) is 54.6 Å². The summed E-state index contributed by atoms with van der Waals surface area (Å²) in [4.78, 5) is 26.6. The standard InChI is InChI=1S/C22H26N2O3/c1-3-24-15-18(14-20(24)25)22(26)23-21(16-8-6-5-7-9-16)17-10-12-19(13-11-17)27-4-2/h5-13,18,21H,3-4,14-15H2,1-2H3,(H,23,26). The number of likely N-dealkylation sites (tertiary alicyclic amines) is 1. The number of benzene rings is 2. The van der Waals surface area contributed by atoms with Crippen molar-refractivity contribution < 1.29 is 14.3 Å². The number of nitrogens with zero attached hydrogens (tertiary/aromatic N) is 1. The zero-order chi connectivity index (χ0) is 19.2. The molecule has 1 N–H and O–H groups in total. The van der Waals surface area contributed by atoms with Crippen LogP contribution in [0.2, 0.25) is 0 Å². The van der Waals surface area contributed by atoms with Crippen molar-refractivity contribution >= 4 is 11.8 Å². The van der Waals surface area contributed by atoms with Crippen molar-refractivity contribution in [2.45, 2.75) is 26.3 Å². The Morgan fingerprint density at radius 2 is 1.78 bits per heavy atom. The summed E-state index contributed by atoms with van der Waals surface area (Å²) in [6.07, 6.45) is 0.282. The highest BCUT2D eigenvalue weighted by Crippen LogP contribution is 2.26. The maximum Gasteiger partial charge on any atom is 0.226 e. The van der Waals surface area contributed by atoms with Crippen LogP contribution in [-0.2, 0) is 9.59 Å². The maximum atomic E-state index is 12.9. The van der Waals surface area contributed by atoms with Gasteiger partial charge in [0.25, 0.3) is 0 Å². The summed E-state index contributed by atoms with van der Waals surface area (Å²) in [5.74, 6) is 0.475. The Hall–Kier alpha value is -2.82. The monoisotopic (exact) mass is 366 g/mol. The van der Waals surface area contributed by atoms with Crippen molar-refractivity contribution in [2.24, 2.45) is 5.92 Å². The number of carbonyl (C=O) groups is 2. The molecule has 0 aromatic heterocycles. The molecule has 5 nitrogen and oxygen atoms in total. The predicted molar refractivity (Wildman–Crippen MR) is 104 cm³/mol. The van der Waals surface area contributed by atoms with Crippen molar-refractivity contribution in [3.8, 4) is 5.75 Å². The van der Waals surface area contributed by atoms with E-state index in [0.29, 0.717) is 19.7 Å². The molecule has 1 saturated heterocycles. The van der Waals surface area contributed by atoms with Crippen molar-refractivity contribution in [1.29, 1.82) is 0 Å². The molecule has 5 heteroatoms. The topological polar surface area (TPSA) is 58.6 Å². The molecule has 2 unspecified atom stereocenters. The molecule has 0 spiro atoms. The van der Waals surface area contributed by atoms with Gasteiger partial charge in [0.2, 0.25) is 11.8 Å². The highest BCUT2D eigenvalue weighted by Gasteiger charge is 2.34. The summed E-state index contributed by atoms with van der Waals surface area (Å²) in [5, 5.41) is 3.15. The molecule has 142 valence electrons. The van der Waals surface area contributed by atoms with Gasteiger partial charge in [-0.15, -0.1) is 0 Å². The molecular weight excluding hydrogens is 340 g/mol. The van der Waals surface area contributed by atoms with E-state index in [1.807, 2.05) is 68.4 Å². The minimum Gasteiger partial charge on any atom is -0.494 e. The lowest BCUT2D eigenvalue weighted by Gasteiger charge is -2.22. The van der Waals surface area contributed by atoms with E-state index < -0.39 is 0 Å². The molecule has 1 aliphatic heterocycles. The highest BCUT2D eigenvalue weighted by atomic mass is 16.5. The summed E-state index contributed by atoms with van der Waals surface area (Å²) in [6, 6.07) is 17.4. The molecule has 0 bridgehead atoms. The molecule has 2 amide bonds. The van der Waals surface area contributed by atoms with Crippen molar-refractivity contribution in [3.05, 3.63) is 65.7 Å². The minimum absolute atomic E-state index is 0.0509. The minimum atomic E-state index is -0.300.